The van der Waals surface area contributed by atoms with E-state index in [0.717, 1.165) is 19.8 Å². The van der Waals surface area contributed by atoms with Crippen molar-refractivity contribution in [2.24, 2.45) is 5.92 Å². The minimum absolute atomic E-state index is 0.394. The lowest BCUT2D eigenvalue weighted by Gasteiger charge is -2.22. The second-order valence-corrected chi connectivity index (χ2v) is 5.25. The van der Waals surface area contributed by atoms with Crippen LogP contribution in [0, 0.1) is 5.92 Å². The van der Waals surface area contributed by atoms with Gasteiger partial charge in [-0.25, -0.2) is 0 Å². The minimum Gasteiger partial charge on any atom is -0.380 e. The van der Waals surface area contributed by atoms with E-state index in [1.54, 1.807) is 0 Å². The van der Waals surface area contributed by atoms with Crippen LogP contribution in [0.15, 0.2) is 30.5 Å². The van der Waals surface area contributed by atoms with E-state index in [1.807, 2.05) is 13.1 Å². The molecule has 0 spiro atoms. The highest BCUT2D eigenvalue weighted by Crippen LogP contribution is 2.17. The third-order valence-electron chi connectivity index (χ3n) is 3.53. The number of rotatable bonds is 7. The molecule has 0 fully saturated rings. The van der Waals surface area contributed by atoms with Gasteiger partial charge in [0.15, 0.2) is 0 Å². The number of fused-ring (bicyclic) bond motifs is 1. The third kappa shape index (κ3) is 3.58. The smallest absolute Gasteiger partial charge is 0.0622 e. The molecule has 3 nitrogen and oxygen atoms in total. The van der Waals surface area contributed by atoms with Crippen molar-refractivity contribution in [1.29, 1.82) is 0 Å². The topological polar surface area (TPSA) is 37.0 Å². The number of H-pyrrole nitrogens is 1. The van der Waals surface area contributed by atoms with Gasteiger partial charge in [0.05, 0.1) is 6.61 Å². The minimum atomic E-state index is 0.394. The van der Waals surface area contributed by atoms with Gasteiger partial charge >= 0.3 is 0 Å². The monoisotopic (exact) mass is 260 g/mol. The summed E-state index contributed by atoms with van der Waals surface area (Å²) in [6, 6.07) is 8.92. The Bertz CT molecular complexity index is 504. The van der Waals surface area contributed by atoms with Crippen LogP contribution >= 0.6 is 0 Å². The summed E-state index contributed by atoms with van der Waals surface area (Å²) in [6.07, 6.45) is 1.99. The van der Waals surface area contributed by atoms with Gasteiger partial charge in [-0.15, -0.1) is 0 Å². The van der Waals surface area contributed by atoms with Crippen LogP contribution in [0.1, 0.15) is 26.3 Å². The SMILES string of the molecule is CCOCC(NCc1cccc2cc[nH]c12)C(C)C. The molecule has 0 amide bonds. The van der Waals surface area contributed by atoms with Gasteiger partial charge in [0.25, 0.3) is 0 Å². The lowest BCUT2D eigenvalue weighted by Crippen LogP contribution is -2.37. The van der Waals surface area contributed by atoms with Gasteiger partial charge in [-0.3, -0.25) is 0 Å². The van der Waals surface area contributed by atoms with Crippen LogP contribution in [0.3, 0.4) is 0 Å². The molecule has 1 atom stereocenters. The van der Waals surface area contributed by atoms with Crippen molar-refractivity contribution in [1.82, 2.24) is 10.3 Å². The van der Waals surface area contributed by atoms with Crippen molar-refractivity contribution in [3.8, 4) is 0 Å². The normalized spacial score (nSPS) is 13.3. The second kappa shape index (κ2) is 6.73. The fourth-order valence-electron chi connectivity index (χ4n) is 2.27. The number of aromatic amines is 1. The molecule has 1 unspecified atom stereocenters. The zero-order valence-corrected chi connectivity index (χ0v) is 12.1. The fourth-order valence-corrected chi connectivity index (χ4v) is 2.27. The first-order valence-corrected chi connectivity index (χ1v) is 7.08. The van der Waals surface area contributed by atoms with Crippen molar-refractivity contribution in [3.05, 3.63) is 36.0 Å². The van der Waals surface area contributed by atoms with Crippen LogP contribution in [0.4, 0.5) is 0 Å². The number of para-hydroxylation sites is 1. The summed E-state index contributed by atoms with van der Waals surface area (Å²) >= 11 is 0. The highest BCUT2D eigenvalue weighted by molar-refractivity contribution is 5.82. The van der Waals surface area contributed by atoms with Gasteiger partial charge in [0.1, 0.15) is 0 Å². The molecule has 1 aromatic heterocycles. The summed E-state index contributed by atoms with van der Waals surface area (Å²) in [5, 5.41) is 4.88. The molecule has 2 aromatic rings. The predicted octanol–water partition coefficient (Wildman–Crippen LogP) is 3.32. The van der Waals surface area contributed by atoms with Crippen molar-refractivity contribution < 1.29 is 4.74 Å². The molecular formula is C16H24N2O. The summed E-state index contributed by atoms with van der Waals surface area (Å²) in [4.78, 5) is 3.31. The first-order chi connectivity index (χ1) is 9.22. The van der Waals surface area contributed by atoms with Crippen LogP contribution in [0.2, 0.25) is 0 Å². The molecule has 0 bridgehead atoms. The first kappa shape index (κ1) is 14.1. The Morgan fingerprint density at radius 2 is 2.11 bits per heavy atom. The molecule has 104 valence electrons. The average Bonchev–Trinajstić information content (AvgIpc) is 2.87. The highest BCUT2D eigenvalue weighted by atomic mass is 16.5. The van der Waals surface area contributed by atoms with Gasteiger partial charge in [-0.1, -0.05) is 32.0 Å². The van der Waals surface area contributed by atoms with Crippen LogP contribution in [-0.2, 0) is 11.3 Å². The second-order valence-electron chi connectivity index (χ2n) is 5.25. The molecule has 1 heterocycles. The van der Waals surface area contributed by atoms with Crippen molar-refractivity contribution >= 4 is 10.9 Å². The number of ether oxygens (including phenoxy) is 1. The van der Waals surface area contributed by atoms with Gasteiger partial charge in [0, 0.05) is 30.9 Å². The van der Waals surface area contributed by atoms with Crippen LogP contribution in [-0.4, -0.2) is 24.2 Å². The lowest BCUT2D eigenvalue weighted by atomic mass is 10.0. The number of hydrogen-bond acceptors (Lipinski definition) is 2. The molecule has 0 saturated heterocycles. The van der Waals surface area contributed by atoms with E-state index in [1.165, 1.54) is 16.5 Å². The quantitative estimate of drug-likeness (QED) is 0.801. The van der Waals surface area contributed by atoms with Crippen molar-refractivity contribution in [2.75, 3.05) is 13.2 Å². The summed E-state index contributed by atoms with van der Waals surface area (Å²) in [6.45, 7) is 8.91. The summed E-state index contributed by atoms with van der Waals surface area (Å²) in [7, 11) is 0. The Kier molecular flexibility index (Phi) is 5.00. The molecule has 0 radical (unpaired) electrons. The standard InChI is InChI=1S/C16H24N2O/c1-4-19-11-15(12(2)3)18-10-14-7-5-6-13-8-9-17-16(13)14/h5-9,12,15,17-18H,4,10-11H2,1-3H3. The van der Waals surface area contributed by atoms with E-state index in [2.05, 4.69) is 48.4 Å². The molecule has 2 N–H and O–H groups in total. The van der Waals surface area contributed by atoms with Gasteiger partial charge in [0.2, 0.25) is 0 Å². The molecule has 19 heavy (non-hydrogen) atoms. The zero-order valence-electron chi connectivity index (χ0n) is 12.1. The van der Waals surface area contributed by atoms with Crippen LogP contribution in [0.25, 0.3) is 10.9 Å². The Morgan fingerprint density at radius 3 is 2.84 bits per heavy atom. The number of hydrogen-bond donors (Lipinski definition) is 2. The molecule has 0 aliphatic carbocycles. The summed E-state index contributed by atoms with van der Waals surface area (Å²) < 4.78 is 5.55. The molecular weight excluding hydrogens is 236 g/mol. The summed E-state index contributed by atoms with van der Waals surface area (Å²) in [5.41, 5.74) is 2.54. The molecule has 2 rings (SSSR count). The highest BCUT2D eigenvalue weighted by Gasteiger charge is 2.13. The summed E-state index contributed by atoms with van der Waals surface area (Å²) in [5.74, 6) is 0.564. The molecule has 3 heteroatoms. The molecule has 1 aromatic carbocycles. The van der Waals surface area contributed by atoms with Crippen LogP contribution < -0.4 is 5.32 Å². The Labute approximate surface area is 115 Å². The number of nitrogens with one attached hydrogen (secondary N) is 2. The Balaban J connectivity index is 2.02. The maximum Gasteiger partial charge on any atom is 0.0622 e. The maximum absolute atomic E-state index is 5.55. The van der Waals surface area contributed by atoms with E-state index >= 15 is 0 Å². The third-order valence-corrected chi connectivity index (χ3v) is 3.53. The zero-order chi connectivity index (χ0) is 13.7. The van der Waals surface area contributed by atoms with E-state index in [9.17, 15) is 0 Å². The van der Waals surface area contributed by atoms with E-state index in [4.69, 9.17) is 4.74 Å². The number of aromatic nitrogens is 1. The maximum atomic E-state index is 5.55. The Morgan fingerprint density at radius 1 is 1.26 bits per heavy atom. The van der Waals surface area contributed by atoms with Gasteiger partial charge in [-0.05, 0) is 29.9 Å². The van der Waals surface area contributed by atoms with Crippen molar-refractivity contribution in [2.45, 2.75) is 33.4 Å². The Hall–Kier alpha value is -1.32. The largest absolute Gasteiger partial charge is 0.380 e. The van der Waals surface area contributed by atoms with E-state index in [0.29, 0.717) is 12.0 Å². The van der Waals surface area contributed by atoms with E-state index in [-0.39, 0.29) is 0 Å². The first-order valence-electron chi connectivity index (χ1n) is 7.08. The van der Waals surface area contributed by atoms with E-state index < -0.39 is 0 Å². The van der Waals surface area contributed by atoms with Gasteiger partial charge in [-0.2, -0.15) is 0 Å². The molecule has 0 saturated carbocycles. The number of benzene rings is 1. The van der Waals surface area contributed by atoms with Crippen molar-refractivity contribution in [3.63, 3.8) is 0 Å². The lowest BCUT2D eigenvalue weighted by molar-refractivity contribution is 0.108. The van der Waals surface area contributed by atoms with Gasteiger partial charge < -0.3 is 15.0 Å². The molecule has 0 aliphatic heterocycles. The molecule has 0 aliphatic rings. The predicted molar refractivity (Wildman–Crippen MR) is 80.3 cm³/mol. The average molecular weight is 260 g/mol. The van der Waals surface area contributed by atoms with Crippen LogP contribution in [0.5, 0.6) is 0 Å². The fraction of sp³-hybridized carbons (Fsp3) is 0.500.